The summed E-state index contributed by atoms with van der Waals surface area (Å²) < 4.78 is 0. The Kier molecular flexibility index (Phi) is 6.83. The van der Waals surface area contributed by atoms with Crippen molar-refractivity contribution in [3.63, 3.8) is 0 Å². The van der Waals surface area contributed by atoms with Gasteiger partial charge in [0.15, 0.2) is 5.13 Å². The van der Waals surface area contributed by atoms with E-state index in [-0.39, 0.29) is 5.91 Å². The number of urea groups is 1. The molecule has 32 heavy (non-hydrogen) atoms. The van der Waals surface area contributed by atoms with Gasteiger partial charge < -0.3 is 15.1 Å². The number of hydrogen-bond donors (Lipinski definition) is 2. The predicted octanol–water partition coefficient (Wildman–Crippen LogP) is 5.36. The fourth-order valence-corrected chi connectivity index (χ4v) is 4.75. The lowest BCUT2D eigenvalue weighted by Gasteiger charge is -2.36. The smallest absolute Gasteiger partial charge is 0.325 e. The Balaban J connectivity index is 1.36. The minimum absolute atomic E-state index is 0.0787. The van der Waals surface area contributed by atoms with E-state index in [4.69, 9.17) is 23.2 Å². The molecule has 1 aromatic heterocycles. The Labute approximate surface area is 200 Å². The van der Waals surface area contributed by atoms with E-state index in [9.17, 15) is 9.59 Å². The first-order valence-corrected chi connectivity index (χ1v) is 11.6. The number of nitrogens with one attached hydrogen (secondary N) is 2. The van der Waals surface area contributed by atoms with Crippen LogP contribution in [0.15, 0.2) is 48.5 Å². The van der Waals surface area contributed by atoms with Crippen molar-refractivity contribution in [3.05, 3.63) is 69.1 Å². The number of carbonyl (C=O) groups excluding carboxylic acids is 2. The highest BCUT2D eigenvalue weighted by molar-refractivity contribution is 7.17. The monoisotopic (exact) mass is 489 g/mol. The number of aryl methyl sites for hydroxylation is 1. The maximum atomic E-state index is 13.1. The van der Waals surface area contributed by atoms with Crippen LogP contribution in [0.4, 0.5) is 21.3 Å². The van der Waals surface area contributed by atoms with Crippen molar-refractivity contribution in [1.29, 1.82) is 0 Å². The molecule has 0 aliphatic carbocycles. The van der Waals surface area contributed by atoms with Gasteiger partial charge in [0, 0.05) is 36.9 Å². The van der Waals surface area contributed by atoms with E-state index in [0.717, 1.165) is 5.69 Å². The van der Waals surface area contributed by atoms with Gasteiger partial charge in [0.05, 0.1) is 16.4 Å². The molecule has 2 heterocycles. The third-order valence-corrected chi connectivity index (χ3v) is 6.71. The number of rotatable bonds is 4. The first kappa shape index (κ1) is 22.4. The molecule has 10 heteroatoms. The van der Waals surface area contributed by atoms with Gasteiger partial charge in [0.25, 0.3) is 5.91 Å². The summed E-state index contributed by atoms with van der Waals surface area (Å²) in [5.74, 6) is -0.0787. The van der Waals surface area contributed by atoms with Gasteiger partial charge in [0.1, 0.15) is 4.88 Å². The van der Waals surface area contributed by atoms with Crippen molar-refractivity contribution < 1.29 is 9.59 Å². The minimum atomic E-state index is -0.437. The summed E-state index contributed by atoms with van der Waals surface area (Å²) >= 11 is 13.3. The Bertz CT molecular complexity index is 1130. The molecule has 1 aliphatic heterocycles. The molecule has 0 saturated carbocycles. The predicted molar refractivity (Wildman–Crippen MR) is 131 cm³/mol. The van der Waals surface area contributed by atoms with Crippen molar-refractivity contribution in [2.45, 2.75) is 6.92 Å². The number of hydrogen-bond acceptors (Lipinski definition) is 5. The van der Waals surface area contributed by atoms with E-state index in [1.165, 1.54) is 11.3 Å². The fraction of sp³-hybridized carbons (Fsp3) is 0.227. The summed E-state index contributed by atoms with van der Waals surface area (Å²) in [5, 5.41) is 7.06. The van der Waals surface area contributed by atoms with E-state index in [1.54, 1.807) is 31.2 Å². The van der Waals surface area contributed by atoms with E-state index in [2.05, 4.69) is 20.5 Å². The Morgan fingerprint density at radius 3 is 2.34 bits per heavy atom. The molecule has 0 spiro atoms. The molecule has 0 atom stereocenters. The van der Waals surface area contributed by atoms with E-state index < -0.39 is 6.03 Å². The highest BCUT2D eigenvalue weighted by atomic mass is 35.5. The van der Waals surface area contributed by atoms with Crippen molar-refractivity contribution in [3.8, 4) is 0 Å². The number of thiazole rings is 1. The second-order valence-electron chi connectivity index (χ2n) is 7.25. The second-order valence-corrected chi connectivity index (χ2v) is 9.09. The normalized spacial score (nSPS) is 13.7. The molecule has 0 unspecified atom stereocenters. The van der Waals surface area contributed by atoms with Crippen molar-refractivity contribution in [1.82, 2.24) is 9.88 Å². The molecule has 2 N–H and O–H groups in total. The SMILES string of the molecule is Cc1nc(NC(=O)Nc2ccc(Cl)cc2)sc1C(=O)N1CCN(c2ccccc2Cl)CC1. The van der Waals surface area contributed by atoms with Gasteiger partial charge >= 0.3 is 6.03 Å². The van der Waals surface area contributed by atoms with Crippen LogP contribution in [-0.4, -0.2) is 48.0 Å². The number of benzene rings is 2. The van der Waals surface area contributed by atoms with Gasteiger partial charge in [-0.1, -0.05) is 46.7 Å². The van der Waals surface area contributed by atoms with Gasteiger partial charge in [-0.15, -0.1) is 0 Å². The zero-order valence-electron chi connectivity index (χ0n) is 17.3. The summed E-state index contributed by atoms with van der Waals surface area (Å²) in [6.45, 7) is 4.33. The minimum Gasteiger partial charge on any atom is -0.367 e. The first-order chi connectivity index (χ1) is 15.4. The lowest BCUT2D eigenvalue weighted by Crippen LogP contribution is -2.48. The van der Waals surface area contributed by atoms with Crippen molar-refractivity contribution >= 4 is 63.0 Å². The highest BCUT2D eigenvalue weighted by Gasteiger charge is 2.26. The quantitative estimate of drug-likeness (QED) is 0.516. The van der Waals surface area contributed by atoms with E-state index >= 15 is 0 Å². The van der Waals surface area contributed by atoms with Gasteiger partial charge in [-0.3, -0.25) is 10.1 Å². The summed E-state index contributed by atoms with van der Waals surface area (Å²) in [4.78, 5) is 34.2. The number of para-hydroxylation sites is 1. The van der Waals surface area contributed by atoms with E-state index in [0.29, 0.717) is 57.6 Å². The Morgan fingerprint density at radius 1 is 0.969 bits per heavy atom. The average Bonchev–Trinajstić information content (AvgIpc) is 3.15. The van der Waals surface area contributed by atoms with Crippen LogP contribution in [-0.2, 0) is 0 Å². The number of carbonyl (C=O) groups is 2. The molecule has 3 amide bonds. The van der Waals surface area contributed by atoms with Crippen molar-refractivity contribution in [2.75, 3.05) is 41.7 Å². The number of nitrogens with zero attached hydrogens (tertiary/aromatic N) is 3. The van der Waals surface area contributed by atoms with Crippen LogP contribution >= 0.6 is 34.5 Å². The van der Waals surface area contributed by atoms with Crippen LogP contribution in [0.2, 0.25) is 10.0 Å². The molecule has 0 bridgehead atoms. The maximum Gasteiger partial charge on any atom is 0.325 e. The summed E-state index contributed by atoms with van der Waals surface area (Å²) in [6.07, 6.45) is 0. The van der Waals surface area contributed by atoms with Crippen LogP contribution in [0.3, 0.4) is 0 Å². The number of amides is 3. The van der Waals surface area contributed by atoms with Gasteiger partial charge in [-0.2, -0.15) is 0 Å². The molecule has 7 nitrogen and oxygen atoms in total. The molecular formula is C22H21Cl2N5O2S. The van der Waals surface area contributed by atoms with E-state index in [1.807, 2.05) is 29.2 Å². The molecule has 166 valence electrons. The molecule has 1 fully saturated rings. The lowest BCUT2D eigenvalue weighted by molar-refractivity contribution is 0.0750. The van der Waals surface area contributed by atoms with Crippen LogP contribution in [0.25, 0.3) is 0 Å². The van der Waals surface area contributed by atoms with Gasteiger partial charge in [0.2, 0.25) is 0 Å². The van der Waals surface area contributed by atoms with Crippen LogP contribution in [0.1, 0.15) is 15.4 Å². The summed E-state index contributed by atoms with van der Waals surface area (Å²) in [5.41, 5.74) is 2.18. The summed E-state index contributed by atoms with van der Waals surface area (Å²) in [6, 6.07) is 14.1. The topological polar surface area (TPSA) is 77.6 Å². The molecule has 1 aliphatic rings. The number of halogens is 2. The standard InChI is InChI=1S/C22H21Cl2N5O2S/c1-14-19(32-22(25-14)27-21(31)26-16-8-6-15(23)7-9-16)20(30)29-12-10-28(11-13-29)18-5-3-2-4-17(18)24/h2-9H,10-13H2,1H3,(H2,25,26,27,31). The zero-order chi connectivity index (χ0) is 22.7. The first-order valence-electron chi connectivity index (χ1n) is 10.0. The number of aromatic nitrogens is 1. The zero-order valence-corrected chi connectivity index (χ0v) is 19.6. The number of piperazine rings is 1. The Hall–Kier alpha value is -2.81. The molecule has 2 aromatic carbocycles. The average molecular weight is 490 g/mol. The largest absolute Gasteiger partial charge is 0.367 e. The van der Waals surface area contributed by atoms with Gasteiger partial charge in [-0.05, 0) is 43.3 Å². The third-order valence-electron chi connectivity index (χ3n) is 5.07. The number of anilines is 3. The fourth-order valence-electron chi connectivity index (χ4n) is 3.44. The van der Waals surface area contributed by atoms with Crippen LogP contribution in [0.5, 0.6) is 0 Å². The highest BCUT2D eigenvalue weighted by Crippen LogP contribution is 2.28. The molecule has 1 saturated heterocycles. The lowest BCUT2D eigenvalue weighted by atomic mass is 10.2. The van der Waals surface area contributed by atoms with Crippen LogP contribution in [0, 0.1) is 6.92 Å². The van der Waals surface area contributed by atoms with Gasteiger partial charge in [-0.25, -0.2) is 9.78 Å². The Morgan fingerprint density at radius 2 is 1.66 bits per heavy atom. The second kappa shape index (κ2) is 9.77. The summed E-state index contributed by atoms with van der Waals surface area (Å²) in [7, 11) is 0. The third kappa shape index (κ3) is 5.15. The molecule has 3 aromatic rings. The van der Waals surface area contributed by atoms with Crippen LogP contribution < -0.4 is 15.5 Å². The maximum absolute atomic E-state index is 13.1. The molecule has 0 radical (unpaired) electrons. The molecular weight excluding hydrogens is 469 g/mol. The molecule has 4 rings (SSSR count). The van der Waals surface area contributed by atoms with Crippen molar-refractivity contribution in [2.24, 2.45) is 0 Å².